The van der Waals surface area contributed by atoms with E-state index in [9.17, 15) is 0 Å². The van der Waals surface area contributed by atoms with Crippen LogP contribution in [0.2, 0.25) is 18.1 Å². The summed E-state index contributed by atoms with van der Waals surface area (Å²) in [5.74, 6) is 0. The van der Waals surface area contributed by atoms with Gasteiger partial charge in [0, 0.05) is 7.11 Å². The maximum Gasteiger partial charge on any atom is 0.192 e. The third-order valence-electron chi connectivity index (χ3n) is 7.08. The second-order valence-electron chi connectivity index (χ2n) is 10.9. The first-order chi connectivity index (χ1) is 14.2. The van der Waals surface area contributed by atoms with Crippen LogP contribution in [0.1, 0.15) is 105 Å². The van der Waals surface area contributed by atoms with E-state index in [4.69, 9.17) is 18.6 Å². The fourth-order valence-corrected chi connectivity index (χ4v) is 5.00. The summed E-state index contributed by atoms with van der Waals surface area (Å²) in [6.07, 6.45) is 15.6. The van der Waals surface area contributed by atoms with Crippen LogP contribution < -0.4 is 0 Å². The molecule has 0 N–H and O–H groups in total. The summed E-state index contributed by atoms with van der Waals surface area (Å²) in [4.78, 5) is 0. The van der Waals surface area contributed by atoms with E-state index in [1.165, 1.54) is 57.8 Å². The number of unbranched alkanes of at least 4 members (excludes halogenated alkanes) is 8. The fraction of sp³-hybridized carbons (Fsp3) is 1.00. The number of hydrogen-bond acceptors (Lipinski definition) is 4. The first kappa shape index (κ1) is 28.1. The molecule has 1 rings (SSSR count). The highest BCUT2D eigenvalue weighted by molar-refractivity contribution is 6.74. The van der Waals surface area contributed by atoms with E-state index in [-0.39, 0.29) is 16.7 Å². The molecule has 1 aliphatic heterocycles. The van der Waals surface area contributed by atoms with Crippen LogP contribution in [0.3, 0.4) is 0 Å². The Morgan fingerprint density at radius 2 is 1.57 bits per heavy atom. The minimum atomic E-state index is -1.73. The van der Waals surface area contributed by atoms with Gasteiger partial charge >= 0.3 is 0 Å². The maximum atomic E-state index is 6.59. The number of hydrogen-bond donors (Lipinski definition) is 0. The molecule has 0 bridgehead atoms. The summed E-state index contributed by atoms with van der Waals surface area (Å²) in [5.41, 5.74) is -0.152. The highest BCUT2D eigenvalue weighted by Crippen LogP contribution is 2.39. The maximum absolute atomic E-state index is 6.59. The van der Waals surface area contributed by atoms with E-state index >= 15 is 0 Å². The van der Waals surface area contributed by atoms with Crippen molar-refractivity contribution in [3.05, 3.63) is 0 Å². The monoisotopic (exact) mass is 444 g/mol. The van der Waals surface area contributed by atoms with Gasteiger partial charge in [0.1, 0.15) is 6.79 Å². The molecule has 1 saturated heterocycles. The summed E-state index contributed by atoms with van der Waals surface area (Å²) >= 11 is 0. The third-order valence-corrected chi connectivity index (χ3v) is 11.6. The van der Waals surface area contributed by atoms with E-state index in [2.05, 4.69) is 40.8 Å². The van der Waals surface area contributed by atoms with Crippen molar-refractivity contribution in [2.24, 2.45) is 0 Å². The molecule has 1 aliphatic rings. The minimum absolute atomic E-state index is 0.152. The Morgan fingerprint density at radius 3 is 2.13 bits per heavy atom. The highest BCUT2D eigenvalue weighted by atomic mass is 28.4. The number of ether oxygens (including phenoxy) is 3. The lowest BCUT2D eigenvalue weighted by Crippen LogP contribution is -2.43. The van der Waals surface area contributed by atoms with E-state index in [1.807, 2.05) is 0 Å². The van der Waals surface area contributed by atoms with Gasteiger partial charge in [-0.3, -0.25) is 0 Å². The third kappa shape index (κ3) is 10.6. The highest BCUT2D eigenvalue weighted by Gasteiger charge is 2.42. The second kappa shape index (κ2) is 14.3. The van der Waals surface area contributed by atoms with Gasteiger partial charge in [0.05, 0.1) is 24.9 Å². The second-order valence-corrected chi connectivity index (χ2v) is 15.7. The Labute approximate surface area is 188 Å². The van der Waals surface area contributed by atoms with Crippen LogP contribution in [0, 0.1) is 0 Å². The SMILES string of the molecule is CCCCCCCCCCC[C@]1(COCOC)CC[C@@H](CO[Si](C)(C)C(C)(C)C)O1. The molecule has 0 aromatic rings. The Kier molecular flexibility index (Phi) is 13.3. The first-order valence-corrected chi connectivity index (χ1v) is 15.4. The Hall–Kier alpha value is 0.0569. The Balaban J connectivity index is 2.39. The summed E-state index contributed by atoms with van der Waals surface area (Å²) in [6, 6.07) is 0. The van der Waals surface area contributed by atoms with Crippen LogP contribution in [0.4, 0.5) is 0 Å². The van der Waals surface area contributed by atoms with Gasteiger partial charge in [-0.25, -0.2) is 0 Å². The normalized spacial score (nSPS) is 22.7. The van der Waals surface area contributed by atoms with Crippen LogP contribution >= 0.6 is 0 Å². The molecule has 0 aromatic carbocycles. The molecule has 0 aromatic heterocycles. The number of rotatable bonds is 17. The zero-order chi connectivity index (χ0) is 22.5. The van der Waals surface area contributed by atoms with Gasteiger partial charge in [-0.15, -0.1) is 0 Å². The van der Waals surface area contributed by atoms with Gasteiger partial charge in [0.15, 0.2) is 8.32 Å². The van der Waals surface area contributed by atoms with Crippen molar-refractivity contribution in [2.75, 3.05) is 27.1 Å². The quantitative estimate of drug-likeness (QED) is 0.132. The zero-order valence-corrected chi connectivity index (χ0v) is 22.3. The van der Waals surface area contributed by atoms with Crippen LogP contribution in [-0.2, 0) is 18.6 Å². The Bertz CT molecular complexity index is 435. The van der Waals surface area contributed by atoms with Gasteiger partial charge in [0.25, 0.3) is 0 Å². The molecule has 4 nitrogen and oxygen atoms in total. The molecule has 2 atom stereocenters. The van der Waals surface area contributed by atoms with Gasteiger partial charge in [-0.2, -0.15) is 0 Å². The topological polar surface area (TPSA) is 36.9 Å². The van der Waals surface area contributed by atoms with Gasteiger partial charge in [-0.1, -0.05) is 85.5 Å². The average Bonchev–Trinajstić information content (AvgIpc) is 3.08. The van der Waals surface area contributed by atoms with Gasteiger partial charge in [0.2, 0.25) is 0 Å². The smallest absolute Gasteiger partial charge is 0.192 e. The molecule has 180 valence electrons. The molecule has 0 amide bonds. The standard InChI is InChI=1S/C25H52O4Si/c1-8-9-10-11-12-13-14-15-16-18-25(21-27-22-26-5)19-17-23(29-25)20-28-30(6,7)24(2,3)4/h23H,8-22H2,1-7H3/t23-,25+/m0/s1. The summed E-state index contributed by atoms with van der Waals surface area (Å²) < 4.78 is 23.9. The molecule has 0 spiro atoms. The van der Waals surface area contributed by atoms with Crippen LogP contribution in [0.25, 0.3) is 0 Å². The van der Waals surface area contributed by atoms with Crippen molar-refractivity contribution < 1.29 is 18.6 Å². The first-order valence-electron chi connectivity index (χ1n) is 12.5. The van der Waals surface area contributed by atoms with Crippen LogP contribution in [0.5, 0.6) is 0 Å². The Morgan fingerprint density at radius 1 is 0.967 bits per heavy atom. The van der Waals surface area contributed by atoms with E-state index in [1.54, 1.807) is 7.11 Å². The number of methoxy groups -OCH3 is 1. The van der Waals surface area contributed by atoms with Crippen molar-refractivity contribution in [1.29, 1.82) is 0 Å². The van der Waals surface area contributed by atoms with Crippen LogP contribution in [0.15, 0.2) is 0 Å². The lowest BCUT2D eigenvalue weighted by molar-refractivity contribution is -0.134. The molecule has 1 fully saturated rings. The van der Waals surface area contributed by atoms with Crippen molar-refractivity contribution >= 4 is 8.32 Å². The summed E-state index contributed by atoms with van der Waals surface area (Å²) in [6.45, 7) is 15.5. The van der Waals surface area contributed by atoms with E-state index in [0.29, 0.717) is 13.4 Å². The molecule has 0 saturated carbocycles. The molecule has 5 heteroatoms. The molecule has 30 heavy (non-hydrogen) atoms. The minimum Gasteiger partial charge on any atom is -0.414 e. The van der Waals surface area contributed by atoms with E-state index in [0.717, 1.165) is 25.9 Å². The fourth-order valence-electron chi connectivity index (χ4n) is 3.96. The molecule has 0 unspecified atom stereocenters. The predicted molar refractivity (Wildman–Crippen MR) is 130 cm³/mol. The molecule has 0 aliphatic carbocycles. The molecule has 0 radical (unpaired) electrons. The molecular formula is C25H52O4Si. The average molecular weight is 445 g/mol. The van der Waals surface area contributed by atoms with Gasteiger partial charge < -0.3 is 18.6 Å². The lowest BCUT2D eigenvalue weighted by atomic mass is 9.93. The van der Waals surface area contributed by atoms with Crippen molar-refractivity contribution in [1.82, 2.24) is 0 Å². The zero-order valence-electron chi connectivity index (χ0n) is 21.3. The summed E-state index contributed by atoms with van der Waals surface area (Å²) in [5, 5.41) is 0.237. The van der Waals surface area contributed by atoms with Gasteiger partial charge in [-0.05, 0) is 37.4 Å². The predicted octanol–water partition coefficient (Wildman–Crippen LogP) is 7.47. The lowest BCUT2D eigenvalue weighted by Gasteiger charge is -2.37. The van der Waals surface area contributed by atoms with Crippen molar-refractivity contribution in [2.45, 2.75) is 135 Å². The van der Waals surface area contributed by atoms with Crippen molar-refractivity contribution in [3.63, 3.8) is 0 Å². The van der Waals surface area contributed by atoms with E-state index < -0.39 is 8.32 Å². The largest absolute Gasteiger partial charge is 0.414 e. The summed E-state index contributed by atoms with van der Waals surface area (Å²) in [7, 11) is -0.0548. The molecular weight excluding hydrogens is 392 g/mol. The van der Waals surface area contributed by atoms with Crippen molar-refractivity contribution in [3.8, 4) is 0 Å². The molecule has 1 heterocycles. The van der Waals surface area contributed by atoms with Crippen LogP contribution in [-0.4, -0.2) is 47.1 Å².